The fourth-order valence-electron chi connectivity index (χ4n) is 6.39. The van der Waals surface area contributed by atoms with Gasteiger partial charge in [-0.1, -0.05) is 52.4 Å². The molecule has 5 aromatic heterocycles. The molecular formula is C38H33N5O2S5. The third-order valence-corrected chi connectivity index (χ3v) is 15.5. The molecule has 1 aliphatic heterocycles. The smallest absolute Gasteiger partial charge is 0.263 e. The molecule has 2 amide bonds. The van der Waals surface area contributed by atoms with E-state index in [0.29, 0.717) is 29.3 Å². The Balaban J connectivity index is 1.78. The Morgan fingerprint density at radius 3 is 1.36 bits per heavy atom. The number of aryl methyl sites for hydroxylation is 2. The first-order chi connectivity index (χ1) is 24.3. The molecule has 7 nitrogen and oxygen atoms in total. The number of imide groups is 1. The Kier molecular flexibility index (Phi) is 11.0. The number of hydrogen-bond acceptors (Lipinski definition) is 11. The minimum atomic E-state index is -0.357. The van der Waals surface area contributed by atoms with Crippen molar-refractivity contribution < 1.29 is 9.59 Å². The lowest BCUT2D eigenvalue weighted by Gasteiger charge is -2.09. The molecular weight excluding hydrogens is 719 g/mol. The van der Waals surface area contributed by atoms with Crippen molar-refractivity contribution in [3.63, 3.8) is 0 Å². The average Bonchev–Trinajstić information content (AvgIpc) is 3.95. The van der Waals surface area contributed by atoms with Crippen molar-refractivity contribution in [1.82, 2.24) is 4.90 Å². The number of nitriles is 4. The summed E-state index contributed by atoms with van der Waals surface area (Å²) in [5.74, 6) is -0.715. The van der Waals surface area contributed by atoms with Gasteiger partial charge in [-0.05, 0) is 44.7 Å². The molecule has 50 heavy (non-hydrogen) atoms. The molecule has 0 fully saturated rings. The van der Waals surface area contributed by atoms with Crippen LogP contribution in [-0.4, -0.2) is 23.3 Å². The van der Waals surface area contributed by atoms with Crippen molar-refractivity contribution >= 4 is 99.8 Å². The van der Waals surface area contributed by atoms with E-state index >= 15 is 0 Å². The van der Waals surface area contributed by atoms with Crippen LogP contribution in [0.3, 0.4) is 0 Å². The van der Waals surface area contributed by atoms with Crippen LogP contribution >= 0.6 is 56.7 Å². The molecule has 0 aliphatic carbocycles. The molecule has 6 heterocycles. The van der Waals surface area contributed by atoms with Gasteiger partial charge in [0.15, 0.2) is 0 Å². The van der Waals surface area contributed by atoms with Gasteiger partial charge in [-0.3, -0.25) is 14.5 Å². The fraction of sp³-hybridized carbons (Fsp3) is 0.368. The number of fused-ring (bicyclic) bond motifs is 3. The quantitative estimate of drug-likeness (QED) is 0.0977. The van der Waals surface area contributed by atoms with E-state index in [2.05, 4.69) is 50.3 Å². The van der Waals surface area contributed by atoms with Crippen molar-refractivity contribution in [2.45, 2.75) is 85.0 Å². The largest absolute Gasteiger partial charge is 0.275 e. The topological polar surface area (TPSA) is 133 Å². The van der Waals surface area contributed by atoms with Gasteiger partial charge in [0.25, 0.3) is 11.8 Å². The van der Waals surface area contributed by atoms with Crippen LogP contribution in [0.25, 0.3) is 31.3 Å². The van der Waals surface area contributed by atoms with Gasteiger partial charge >= 0.3 is 0 Å². The number of carbonyl (C=O) groups is 2. The molecule has 0 radical (unpaired) electrons. The second-order valence-electron chi connectivity index (χ2n) is 12.1. The normalized spacial score (nSPS) is 13.8. The summed E-state index contributed by atoms with van der Waals surface area (Å²) in [5, 5.41) is 41.4. The molecule has 5 aromatic rings. The SMILES string of the molecule is CCCCCCc1cc2/c(=c3/s/c(=c4\sc(=C(C#N)C#N)c5sc(CCCCCC)cc45)c4c3C(=O)N(CC)C4=O)sc(=C(C#N)C#N)c2s1. The molecule has 0 bridgehead atoms. The Bertz CT molecular complexity index is 2460. The first kappa shape index (κ1) is 35.7. The zero-order chi connectivity index (χ0) is 35.5. The highest BCUT2D eigenvalue weighted by molar-refractivity contribution is 7.24. The second kappa shape index (κ2) is 15.4. The highest BCUT2D eigenvalue weighted by Gasteiger charge is 2.38. The number of carbonyl (C=O) groups excluding carboxylic acids is 2. The summed E-state index contributed by atoms with van der Waals surface area (Å²) in [6.45, 7) is 6.35. The van der Waals surface area contributed by atoms with Gasteiger partial charge in [0.05, 0.1) is 47.7 Å². The lowest BCUT2D eigenvalue weighted by atomic mass is 10.1. The number of rotatable bonds is 11. The van der Waals surface area contributed by atoms with E-state index in [4.69, 9.17) is 0 Å². The minimum Gasteiger partial charge on any atom is -0.275 e. The maximum absolute atomic E-state index is 14.0. The first-order valence-corrected chi connectivity index (χ1v) is 20.9. The summed E-state index contributed by atoms with van der Waals surface area (Å²) in [7, 11) is 0. The van der Waals surface area contributed by atoms with Crippen LogP contribution in [0.15, 0.2) is 12.1 Å². The van der Waals surface area contributed by atoms with Crippen LogP contribution in [0.5, 0.6) is 0 Å². The zero-order valence-corrected chi connectivity index (χ0v) is 32.1. The molecule has 252 valence electrons. The summed E-state index contributed by atoms with van der Waals surface area (Å²) >= 11 is 7.22. The average molecular weight is 752 g/mol. The lowest BCUT2D eigenvalue weighted by Crippen LogP contribution is -2.29. The third-order valence-electron chi connectivity index (χ3n) is 8.89. The molecule has 0 N–H and O–H groups in total. The summed E-state index contributed by atoms with van der Waals surface area (Å²) < 4.78 is 5.74. The van der Waals surface area contributed by atoms with E-state index in [0.717, 1.165) is 103 Å². The van der Waals surface area contributed by atoms with Crippen molar-refractivity contribution in [3.05, 3.63) is 60.2 Å². The maximum atomic E-state index is 14.0. The third kappa shape index (κ3) is 6.21. The van der Waals surface area contributed by atoms with E-state index in [9.17, 15) is 30.6 Å². The van der Waals surface area contributed by atoms with E-state index < -0.39 is 0 Å². The van der Waals surface area contributed by atoms with E-state index in [1.165, 1.54) is 38.9 Å². The minimum absolute atomic E-state index is 0.0297. The monoisotopic (exact) mass is 751 g/mol. The van der Waals surface area contributed by atoms with Gasteiger partial charge in [-0.25, -0.2) is 0 Å². The molecule has 0 aromatic carbocycles. The standard InChI is InChI=1S/C38H33N5O2S5/c1-4-7-9-11-13-23-15-25-31(46-23)29(21(17-39)18-40)48-33(25)35-27-28(38(45)43(6-3)37(27)44)36(50-35)34-26-16-24(14-12-10-8-5-2)47-32(26)30(49-34)22(19-41)20-42/h15-16H,4-14H2,1-3H3/b35-33-,36-34-. The Morgan fingerprint density at radius 2 is 1.00 bits per heavy atom. The van der Waals surface area contributed by atoms with Gasteiger partial charge in [0, 0.05) is 27.1 Å². The van der Waals surface area contributed by atoms with Crippen LogP contribution in [0, 0.1) is 63.5 Å². The fourth-order valence-corrected chi connectivity index (χ4v) is 13.1. The summed E-state index contributed by atoms with van der Waals surface area (Å²) in [4.78, 5) is 31.7. The molecule has 0 saturated carbocycles. The summed E-state index contributed by atoms with van der Waals surface area (Å²) in [6.07, 6.45) is 10.7. The Labute approximate surface area is 309 Å². The predicted molar refractivity (Wildman–Crippen MR) is 204 cm³/mol. The second-order valence-corrected chi connectivity index (χ2v) is 17.5. The Morgan fingerprint density at radius 1 is 0.580 bits per heavy atom. The molecule has 0 unspecified atom stereocenters. The van der Waals surface area contributed by atoms with E-state index in [1.54, 1.807) is 29.6 Å². The Hall–Kier alpha value is -4.14. The number of unbranched alkanes of at least 4 members (excludes halogenated alkanes) is 6. The molecule has 0 atom stereocenters. The summed E-state index contributed by atoms with van der Waals surface area (Å²) in [6, 6.07) is 12.5. The van der Waals surface area contributed by atoms with Crippen LogP contribution in [0.4, 0.5) is 0 Å². The van der Waals surface area contributed by atoms with Crippen molar-refractivity contribution in [2.24, 2.45) is 0 Å². The maximum Gasteiger partial charge on any atom is 0.263 e. The zero-order valence-electron chi connectivity index (χ0n) is 28.0. The van der Waals surface area contributed by atoms with Crippen LogP contribution in [0.1, 0.15) is 103 Å². The van der Waals surface area contributed by atoms with Gasteiger partial charge in [0.1, 0.15) is 35.4 Å². The van der Waals surface area contributed by atoms with E-state index in [-0.39, 0.29) is 29.5 Å². The van der Waals surface area contributed by atoms with Crippen molar-refractivity contribution in [3.8, 4) is 24.3 Å². The lowest BCUT2D eigenvalue weighted by molar-refractivity contribution is 0.0662. The molecule has 0 saturated heterocycles. The highest BCUT2D eigenvalue weighted by Crippen LogP contribution is 2.37. The van der Waals surface area contributed by atoms with Gasteiger partial charge < -0.3 is 0 Å². The number of hydrogen-bond donors (Lipinski definition) is 0. The number of nitrogens with zero attached hydrogens (tertiary/aromatic N) is 5. The molecule has 1 aliphatic rings. The van der Waals surface area contributed by atoms with Gasteiger partial charge in [0.2, 0.25) is 0 Å². The highest BCUT2D eigenvalue weighted by atomic mass is 32.1. The number of amides is 2. The van der Waals surface area contributed by atoms with Crippen molar-refractivity contribution in [1.29, 1.82) is 21.0 Å². The van der Waals surface area contributed by atoms with Crippen LogP contribution in [0.2, 0.25) is 0 Å². The van der Waals surface area contributed by atoms with Gasteiger partial charge in [-0.15, -0.1) is 56.7 Å². The van der Waals surface area contributed by atoms with Crippen LogP contribution in [-0.2, 0) is 12.8 Å². The van der Waals surface area contributed by atoms with Crippen LogP contribution < -0.4 is 9.06 Å². The summed E-state index contributed by atoms with van der Waals surface area (Å²) in [5.41, 5.74) is 0.755. The van der Waals surface area contributed by atoms with Gasteiger partial charge in [-0.2, -0.15) is 21.0 Å². The molecule has 12 heteroatoms. The number of thiophene rings is 5. The van der Waals surface area contributed by atoms with E-state index in [1.807, 2.05) is 0 Å². The van der Waals surface area contributed by atoms with Crippen molar-refractivity contribution in [2.75, 3.05) is 6.54 Å². The first-order valence-electron chi connectivity index (χ1n) is 16.8. The predicted octanol–water partition coefficient (Wildman–Crippen LogP) is 9.13. The molecule has 6 rings (SSSR count). The molecule has 0 spiro atoms.